The van der Waals surface area contributed by atoms with Crippen molar-refractivity contribution in [2.75, 3.05) is 0 Å². The van der Waals surface area contributed by atoms with Crippen LogP contribution in [0.4, 0.5) is 0 Å². The van der Waals surface area contributed by atoms with E-state index in [2.05, 4.69) is 4.79 Å². The fourth-order valence-corrected chi connectivity index (χ4v) is 4.04. The Morgan fingerprint density at radius 2 is 1.69 bits per heavy atom. The summed E-state index contributed by atoms with van der Waals surface area (Å²) in [7, 11) is 0. The summed E-state index contributed by atoms with van der Waals surface area (Å²) >= 11 is 0. The average molecular weight is 474 g/mol. The van der Waals surface area contributed by atoms with Crippen LogP contribution in [0.15, 0.2) is 71.9 Å². The van der Waals surface area contributed by atoms with Crippen molar-refractivity contribution < 1.29 is 33.4 Å². The predicted molar refractivity (Wildman–Crippen MR) is 121 cm³/mol. The number of fused-ring (bicyclic) bond motifs is 1. The minimum Gasteiger partial charge on any atom is -0.456 e. The van der Waals surface area contributed by atoms with E-state index in [1.54, 1.807) is 56.3 Å². The molecule has 0 aliphatic carbocycles. The first-order valence-electron chi connectivity index (χ1n) is 10.8. The number of esters is 1. The number of hydrogen-bond donors (Lipinski definition) is 0. The normalized spacial score (nSPS) is 20.3. The first kappa shape index (κ1) is 23.7. The molecule has 0 spiro atoms. The number of amides is 2. The maximum absolute atomic E-state index is 13.3. The lowest BCUT2D eigenvalue weighted by Crippen LogP contribution is -2.67. The van der Waals surface area contributed by atoms with Crippen LogP contribution < -0.4 is 0 Å². The maximum Gasteiger partial charge on any atom is 0.355 e. The molecule has 0 aromatic heterocycles. The van der Waals surface area contributed by atoms with E-state index in [0.29, 0.717) is 11.8 Å². The smallest absolute Gasteiger partial charge is 0.355 e. The molecule has 2 aromatic carbocycles. The summed E-state index contributed by atoms with van der Waals surface area (Å²) < 4.78 is 11.2. The Labute approximate surface area is 201 Å². The van der Waals surface area contributed by atoms with Gasteiger partial charge in [-0.15, -0.1) is 0 Å². The number of Topliss-reactive ketones (excluding diaryl/α,β-unsaturated/α-hetero) is 1. The molecule has 4 rings (SSSR count). The zero-order valence-electron chi connectivity index (χ0n) is 19.0. The van der Waals surface area contributed by atoms with Crippen molar-refractivity contribution in [3.63, 3.8) is 0 Å². The SMILES string of the molecule is CC(C)=C(C(=O)OCc1ccccc1)N1C(=O)C2C1OC(C(=O)C=[N+]=[N-])N2C(=O)c1ccccc1. The molecular weight excluding hydrogens is 452 g/mol. The molecule has 35 heavy (non-hydrogen) atoms. The number of likely N-dealkylation sites (tertiary alicyclic amines) is 1. The van der Waals surface area contributed by atoms with Crippen molar-refractivity contribution in [1.82, 2.24) is 9.80 Å². The first-order chi connectivity index (χ1) is 16.8. The van der Waals surface area contributed by atoms with Gasteiger partial charge in [-0.2, -0.15) is 4.79 Å². The lowest BCUT2D eigenvalue weighted by Gasteiger charge is -2.43. The first-order valence-corrected chi connectivity index (χ1v) is 10.8. The Kier molecular flexibility index (Phi) is 6.68. The van der Waals surface area contributed by atoms with Crippen LogP contribution in [0, 0.1) is 0 Å². The quantitative estimate of drug-likeness (QED) is 0.151. The largest absolute Gasteiger partial charge is 0.456 e. The molecule has 0 saturated carbocycles. The van der Waals surface area contributed by atoms with Crippen LogP contribution in [0.5, 0.6) is 0 Å². The summed E-state index contributed by atoms with van der Waals surface area (Å²) in [6.45, 7) is 3.28. The van der Waals surface area contributed by atoms with Gasteiger partial charge in [-0.05, 0) is 37.1 Å². The lowest BCUT2D eigenvalue weighted by atomic mass is 10.00. The summed E-state index contributed by atoms with van der Waals surface area (Å²) in [6, 6.07) is 16.0. The van der Waals surface area contributed by atoms with Gasteiger partial charge in [0.2, 0.25) is 6.23 Å². The minimum atomic E-state index is -1.51. The fourth-order valence-electron chi connectivity index (χ4n) is 4.04. The number of carbonyl (C=O) groups excluding carboxylic acids is 4. The van der Waals surface area contributed by atoms with Gasteiger partial charge in [0.25, 0.3) is 17.6 Å². The third-order valence-corrected chi connectivity index (χ3v) is 5.64. The number of rotatable bonds is 7. The Morgan fingerprint density at radius 1 is 1.06 bits per heavy atom. The van der Waals surface area contributed by atoms with E-state index >= 15 is 0 Å². The Hall–Kier alpha value is -4.40. The molecule has 10 heteroatoms. The second-order valence-electron chi connectivity index (χ2n) is 8.17. The molecule has 2 saturated heterocycles. The zero-order chi connectivity index (χ0) is 25.1. The van der Waals surface area contributed by atoms with Crippen molar-refractivity contribution in [2.24, 2.45) is 0 Å². The second-order valence-corrected chi connectivity index (χ2v) is 8.17. The number of β-lactam (4-membered cyclic amide) rings is 1. The van der Waals surface area contributed by atoms with Crippen LogP contribution in [0.3, 0.4) is 0 Å². The lowest BCUT2D eigenvalue weighted by molar-refractivity contribution is -0.170. The van der Waals surface area contributed by atoms with E-state index in [1.165, 1.54) is 0 Å². The van der Waals surface area contributed by atoms with Gasteiger partial charge in [-0.3, -0.25) is 24.2 Å². The molecule has 2 fully saturated rings. The highest BCUT2D eigenvalue weighted by molar-refractivity contribution is 6.28. The maximum atomic E-state index is 13.3. The molecule has 2 aromatic rings. The van der Waals surface area contributed by atoms with Crippen molar-refractivity contribution in [1.29, 1.82) is 0 Å². The van der Waals surface area contributed by atoms with Crippen molar-refractivity contribution in [3.05, 3.63) is 88.6 Å². The number of hydrogen-bond acceptors (Lipinski definition) is 6. The average Bonchev–Trinajstić information content (AvgIpc) is 3.22. The van der Waals surface area contributed by atoms with Crippen molar-refractivity contribution >= 4 is 29.8 Å². The Balaban J connectivity index is 1.61. The van der Waals surface area contributed by atoms with E-state index in [9.17, 15) is 19.2 Å². The molecule has 0 N–H and O–H groups in total. The number of nitrogens with zero attached hydrogens (tertiary/aromatic N) is 4. The molecule has 2 amide bonds. The third kappa shape index (κ3) is 4.40. The van der Waals surface area contributed by atoms with Crippen molar-refractivity contribution in [2.45, 2.75) is 39.0 Å². The van der Waals surface area contributed by atoms with Gasteiger partial charge in [-0.25, -0.2) is 4.79 Å². The summed E-state index contributed by atoms with van der Waals surface area (Å²) in [5, 5.41) is 0. The van der Waals surface area contributed by atoms with E-state index in [4.69, 9.17) is 15.0 Å². The van der Waals surface area contributed by atoms with Gasteiger partial charge >= 0.3 is 12.2 Å². The molecule has 3 atom stereocenters. The zero-order valence-corrected chi connectivity index (χ0v) is 19.0. The monoisotopic (exact) mass is 474 g/mol. The third-order valence-electron chi connectivity index (χ3n) is 5.64. The molecular formula is C25H22N4O6. The number of ketones is 1. The standard InChI is InChI=1S/C25H22N4O6/c1-15(2)19(25(33)34-14-16-9-5-3-6-10-16)28-22(32)20-24(28)35-23(18(30)13-27-26)29(20)21(31)17-11-7-4-8-12-17/h3-13,20,23-24H,14H2,1-2H3. The summed E-state index contributed by atoms with van der Waals surface area (Å²) in [4.78, 5) is 56.8. The molecule has 178 valence electrons. The van der Waals surface area contributed by atoms with Crippen LogP contribution in [-0.4, -0.2) is 62.9 Å². The highest BCUT2D eigenvalue weighted by Crippen LogP contribution is 2.40. The molecule has 2 aliphatic rings. The molecule has 2 aliphatic heterocycles. The fraction of sp³-hybridized carbons (Fsp3) is 0.240. The number of benzene rings is 2. The number of allylic oxidation sites excluding steroid dienone is 1. The van der Waals surface area contributed by atoms with Crippen molar-refractivity contribution in [3.8, 4) is 0 Å². The molecule has 2 heterocycles. The molecule has 10 nitrogen and oxygen atoms in total. The summed E-state index contributed by atoms with van der Waals surface area (Å²) in [6.07, 6.45) is -2.00. The molecule has 3 unspecified atom stereocenters. The van der Waals surface area contributed by atoms with Gasteiger partial charge in [0.1, 0.15) is 12.3 Å². The van der Waals surface area contributed by atoms with Crippen LogP contribution >= 0.6 is 0 Å². The van der Waals surface area contributed by atoms with E-state index in [0.717, 1.165) is 15.4 Å². The number of ether oxygens (including phenoxy) is 2. The topological polar surface area (TPSA) is 130 Å². The van der Waals surface area contributed by atoms with Crippen LogP contribution in [0.25, 0.3) is 5.53 Å². The van der Waals surface area contributed by atoms with Crippen LogP contribution in [-0.2, 0) is 30.5 Å². The molecule has 0 radical (unpaired) electrons. The van der Waals surface area contributed by atoms with Gasteiger partial charge in [0.15, 0.2) is 12.3 Å². The van der Waals surface area contributed by atoms with Gasteiger partial charge in [0, 0.05) is 5.56 Å². The number of carbonyl (C=O) groups is 4. The summed E-state index contributed by atoms with van der Waals surface area (Å²) in [5.74, 6) is -2.77. The second kappa shape index (κ2) is 9.84. The van der Waals surface area contributed by atoms with Gasteiger partial charge in [0.05, 0.1) is 0 Å². The predicted octanol–water partition coefficient (Wildman–Crippen LogP) is 1.93. The summed E-state index contributed by atoms with van der Waals surface area (Å²) in [5.41, 5.74) is 10.3. The highest BCUT2D eigenvalue weighted by Gasteiger charge is 2.64. The van der Waals surface area contributed by atoms with Gasteiger partial charge < -0.3 is 15.0 Å². The Bertz CT molecular complexity index is 1250. The Morgan fingerprint density at radius 3 is 2.29 bits per heavy atom. The van der Waals surface area contributed by atoms with E-state index in [-0.39, 0.29) is 17.9 Å². The van der Waals surface area contributed by atoms with Gasteiger partial charge in [-0.1, -0.05) is 48.5 Å². The minimum absolute atomic E-state index is 0.000128. The van der Waals surface area contributed by atoms with E-state index in [1.807, 2.05) is 18.2 Å². The molecule has 0 bridgehead atoms. The van der Waals surface area contributed by atoms with Crippen LogP contribution in [0.1, 0.15) is 29.8 Å². The van der Waals surface area contributed by atoms with E-state index < -0.39 is 42.1 Å². The highest BCUT2D eigenvalue weighted by atomic mass is 16.6. The van der Waals surface area contributed by atoms with Crippen LogP contribution in [0.2, 0.25) is 0 Å².